The average Bonchev–Trinajstić information content (AvgIpc) is 2.81. The van der Waals surface area contributed by atoms with Gasteiger partial charge in [-0.2, -0.15) is 5.10 Å². The lowest BCUT2D eigenvalue weighted by Gasteiger charge is -2.11. The van der Waals surface area contributed by atoms with Gasteiger partial charge in [0, 0.05) is 23.5 Å². The van der Waals surface area contributed by atoms with Crippen LogP contribution in [0.4, 0.5) is 5.69 Å². The second kappa shape index (κ2) is 8.10. The van der Waals surface area contributed by atoms with Gasteiger partial charge in [-0.25, -0.2) is 13.6 Å². The summed E-state index contributed by atoms with van der Waals surface area (Å²) in [6.07, 6.45) is 0.145. The highest BCUT2D eigenvalue weighted by atomic mass is 32.2. The number of carbonyl (C=O) groups excluding carboxylic acids is 1. The monoisotopic (exact) mass is 394 g/mol. The van der Waals surface area contributed by atoms with Crippen LogP contribution in [0.15, 0.2) is 23.1 Å². The maximum atomic E-state index is 12.5. The zero-order valence-corrected chi connectivity index (χ0v) is 17.1. The van der Waals surface area contributed by atoms with Crippen molar-refractivity contribution in [1.82, 2.24) is 9.78 Å². The molecule has 1 aromatic carbocycles. The molecule has 1 aromatic heterocycles. The summed E-state index contributed by atoms with van der Waals surface area (Å²) in [6, 6.07) is 4.30. The Morgan fingerprint density at radius 2 is 2.00 bits per heavy atom. The number of nitrogens with one attached hydrogen (secondary N) is 1. The third-order valence-corrected chi connectivity index (χ3v) is 5.09. The fourth-order valence-corrected chi connectivity index (χ4v) is 3.58. The van der Waals surface area contributed by atoms with E-state index in [1.165, 1.54) is 19.2 Å². The molecule has 148 valence electrons. The molecule has 0 radical (unpaired) electrons. The standard InChI is InChI=1S/C18H26N4O4S/c1-11(2)10-22-13(4)15(12(3)21-22)9-18(23)20-14-6-7-16(26-5)17(8-14)27(19,24)25/h6-8,11H,9-10H2,1-5H3,(H,20,23)(H2,19,24,25). The maximum Gasteiger partial charge on any atom is 0.241 e. The van der Waals surface area contributed by atoms with Gasteiger partial charge in [0.1, 0.15) is 10.6 Å². The average molecular weight is 394 g/mol. The first-order valence-electron chi connectivity index (χ1n) is 8.56. The van der Waals surface area contributed by atoms with Crippen LogP contribution < -0.4 is 15.2 Å². The number of hydrogen-bond acceptors (Lipinski definition) is 5. The Morgan fingerprint density at radius 1 is 1.33 bits per heavy atom. The number of amides is 1. The predicted octanol–water partition coefficient (Wildman–Crippen LogP) is 1.99. The Balaban J connectivity index is 2.21. The van der Waals surface area contributed by atoms with Gasteiger partial charge in [-0.05, 0) is 38.0 Å². The minimum absolute atomic E-state index is 0.122. The number of nitrogens with two attached hydrogens (primary N) is 1. The number of nitrogens with zero attached hydrogens (tertiary/aromatic N) is 2. The molecule has 0 aliphatic carbocycles. The molecule has 2 aromatic rings. The molecule has 0 aliphatic rings. The molecular weight excluding hydrogens is 368 g/mol. The predicted molar refractivity (Wildman–Crippen MR) is 103 cm³/mol. The van der Waals surface area contributed by atoms with Gasteiger partial charge in [0.25, 0.3) is 0 Å². The van der Waals surface area contributed by atoms with Crippen LogP contribution in [-0.4, -0.2) is 31.2 Å². The van der Waals surface area contributed by atoms with Crippen LogP contribution in [0.2, 0.25) is 0 Å². The Morgan fingerprint density at radius 3 is 2.56 bits per heavy atom. The first-order valence-corrected chi connectivity index (χ1v) is 10.1. The van der Waals surface area contributed by atoms with Crippen molar-refractivity contribution in [3.8, 4) is 5.75 Å². The van der Waals surface area contributed by atoms with Crippen LogP contribution >= 0.6 is 0 Å². The molecule has 0 saturated carbocycles. The van der Waals surface area contributed by atoms with Gasteiger partial charge in [-0.3, -0.25) is 9.48 Å². The van der Waals surface area contributed by atoms with Crippen LogP contribution in [0.5, 0.6) is 5.75 Å². The first-order chi connectivity index (χ1) is 12.5. The molecule has 3 N–H and O–H groups in total. The van der Waals surface area contributed by atoms with E-state index >= 15 is 0 Å². The summed E-state index contributed by atoms with van der Waals surface area (Å²) in [7, 11) is -2.62. The third kappa shape index (κ3) is 5.08. The third-order valence-electron chi connectivity index (χ3n) is 4.16. The zero-order valence-electron chi connectivity index (χ0n) is 16.2. The molecule has 0 unspecified atom stereocenters. The number of aromatic nitrogens is 2. The topological polar surface area (TPSA) is 116 Å². The van der Waals surface area contributed by atoms with E-state index in [1.54, 1.807) is 6.07 Å². The largest absolute Gasteiger partial charge is 0.495 e. The van der Waals surface area contributed by atoms with Gasteiger partial charge in [0.2, 0.25) is 15.9 Å². The Kier molecular flexibility index (Phi) is 6.27. The second-order valence-electron chi connectivity index (χ2n) is 6.86. The van der Waals surface area contributed by atoms with Gasteiger partial charge in [0.05, 0.1) is 19.2 Å². The van der Waals surface area contributed by atoms with E-state index in [0.717, 1.165) is 23.5 Å². The molecule has 0 atom stereocenters. The lowest BCUT2D eigenvalue weighted by molar-refractivity contribution is -0.115. The Hall–Kier alpha value is -2.39. The van der Waals surface area contributed by atoms with Crippen LogP contribution in [0, 0.1) is 19.8 Å². The van der Waals surface area contributed by atoms with E-state index in [2.05, 4.69) is 24.3 Å². The Bertz CT molecular complexity index is 949. The number of ether oxygens (including phenoxy) is 1. The van der Waals surface area contributed by atoms with Gasteiger partial charge in [-0.1, -0.05) is 13.8 Å². The molecule has 0 bridgehead atoms. The molecular formula is C18H26N4O4S. The number of hydrogen-bond donors (Lipinski definition) is 2. The first kappa shape index (κ1) is 20.9. The summed E-state index contributed by atoms with van der Waals surface area (Å²) in [4.78, 5) is 12.3. The van der Waals surface area contributed by atoms with Crippen LogP contribution in [0.3, 0.4) is 0 Å². The lowest BCUT2D eigenvalue weighted by atomic mass is 10.1. The molecule has 8 nitrogen and oxygen atoms in total. The number of benzene rings is 1. The highest BCUT2D eigenvalue weighted by Crippen LogP contribution is 2.26. The van der Waals surface area contributed by atoms with Gasteiger partial charge >= 0.3 is 0 Å². The number of carbonyl (C=O) groups is 1. The number of primary sulfonamides is 1. The summed E-state index contributed by atoms with van der Waals surface area (Å²) in [6.45, 7) is 8.81. The summed E-state index contributed by atoms with van der Waals surface area (Å²) < 4.78 is 30.3. The Labute approximate surface area is 159 Å². The van der Waals surface area contributed by atoms with E-state index in [4.69, 9.17) is 9.88 Å². The SMILES string of the molecule is COc1ccc(NC(=O)Cc2c(C)nn(CC(C)C)c2C)cc1S(N)(=O)=O. The van der Waals surface area contributed by atoms with E-state index in [1.807, 2.05) is 18.5 Å². The van der Waals surface area contributed by atoms with Gasteiger partial charge in [0.15, 0.2) is 0 Å². The van der Waals surface area contributed by atoms with Crippen molar-refractivity contribution in [3.05, 3.63) is 35.2 Å². The molecule has 1 amide bonds. The summed E-state index contributed by atoms with van der Waals surface area (Å²) in [5, 5.41) is 12.4. The molecule has 0 aliphatic heterocycles. The van der Waals surface area contributed by atoms with E-state index in [0.29, 0.717) is 11.6 Å². The fraction of sp³-hybridized carbons (Fsp3) is 0.444. The number of sulfonamides is 1. The normalized spacial score (nSPS) is 11.7. The highest BCUT2D eigenvalue weighted by Gasteiger charge is 2.18. The molecule has 9 heteroatoms. The van der Waals surface area contributed by atoms with Gasteiger partial charge in [-0.15, -0.1) is 0 Å². The van der Waals surface area contributed by atoms with Crippen molar-refractivity contribution in [2.45, 2.75) is 45.6 Å². The summed E-state index contributed by atoms with van der Waals surface area (Å²) >= 11 is 0. The molecule has 0 spiro atoms. The van der Waals surface area contributed by atoms with Crippen molar-refractivity contribution in [2.24, 2.45) is 11.1 Å². The van der Waals surface area contributed by atoms with Crippen molar-refractivity contribution in [3.63, 3.8) is 0 Å². The maximum absolute atomic E-state index is 12.5. The molecule has 27 heavy (non-hydrogen) atoms. The minimum Gasteiger partial charge on any atom is -0.495 e. The summed E-state index contributed by atoms with van der Waals surface area (Å²) in [5.74, 6) is 0.300. The number of anilines is 1. The minimum atomic E-state index is -3.97. The quantitative estimate of drug-likeness (QED) is 0.745. The summed E-state index contributed by atoms with van der Waals surface area (Å²) in [5.41, 5.74) is 2.96. The number of methoxy groups -OCH3 is 1. The highest BCUT2D eigenvalue weighted by molar-refractivity contribution is 7.89. The van der Waals surface area contributed by atoms with Crippen LogP contribution in [-0.2, 0) is 27.8 Å². The molecule has 0 saturated heterocycles. The van der Waals surface area contributed by atoms with E-state index < -0.39 is 10.0 Å². The molecule has 2 rings (SSSR count). The second-order valence-corrected chi connectivity index (χ2v) is 8.39. The number of aryl methyl sites for hydroxylation is 1. The zero-order chi connectivity index (χ0) is 20.4. The lowest BCUT2D eigenvalue weighted by Crippen LogP contribution is -2.17. The van der Waals surface area contributed by atoms with Gasteiger partial charge < -0.3 is 10.1 Å². The number of rotatable bonds is 7. The van der Waals surface area contributed by atoms with E-state index in [-0.39, 0.29) is 23.0 Å². The van der Waals surface area contributed by atoms with Crippen molar-refractivity contribution < 1.29 is 17.9 Å². The van der Waals surface area contributed by atoms with Crippen molar-refractivity contribution in [2.75, 3.05) is 12.4 Å². The van der Waals surface area contributed by atoms with E-state index in [9.17, 15) is 13.2 Å². The van der Waals surface area contributed by atoms with Crippen LogP contribution in [0.1, 0.15) is 30.8 Å². The van der Waals surface area contributed by atoms with Crippen molar-refractivity contribution >= 4 is 21.6 Å². The molecule has 0 fully saturated rings. The fourth-order valence-electron chi connectivity index (χ4n) is 2.86. The smallest absolute Gasteiger partial charge is 0.241 e. The molecule has 1 heterocycles. The van der Waals surface area contributed by atoms with Crippen LogP contribution in [0.25, 0.3) is 0 Å². The van der Waals surface area contributed by atoms with Crippen molar-refractivity contribution in [1.29, 1.82) is 0 Å².